The Labute approximate surface area is 131 Å². The van der Waals surface area contributed by atoms with E-state index in [2.05, 4.69) is 9.97 Å². The number of rotatable bonds is 3. The van der Waals surface area contributed by atoms with Crippen LogP contribution in [0.25, 0.3) is 10.8 Å². The zero-order chi connectivity index (χ0) is 16.4. The van der Waals surface area contributed by atoms with Gasteiger partial charge in [-0.25, -0.2) is 4.98 Å². The molecule has 1 aromatic carbocycles. The number of carbonyl (C=O) groups is 1. The lowest BCUT2D eigenvalue weighted by Crippen LogP contribution is -2.23. The van der Waals surface area contributed by atoms with Crippen LogP contribution in [0.4, 0.5) is 17.2 Å². The van der Waals surface area contributed by atoms with Crippen LogP contribution in [0.3, 0.4) is 0 Å². The van der Waals surface area contributed by atoms with Gasteiger partial charge in [0.1, 0.15) is 5.82 Å². The number of hydrogen-bond donors (Lipinski definition) is 0. The molecule has 2 heterocycles. The largest absolute Gasteiger partial charge is 0.274 e. The molecule has 3 rings (SSSR count). The van der Waals surface area contributed by atoms with Crippen molar-refractivity contribution in [2.24, 2.45) is 0 Å². The molecule has 0 atom stereocenters. The summed E-state index contributed by atoms with van der Waals surface area (Å²) in [6.45, 7) is 1.39. The minimum Gasteiger partial charge on any atom is -0.274 e. The number of nitrogens with zero attached hydrogens (tertiary/aromatic N) is 4. The lowest BCUT2D eigenvalue weighted by molar-refractivity contribution is -0.384. The van der Waals surface area contributed by atoms with E-state index in [0.717, 1.165) is 10.8 Å². The van der Waals surface area contributed by atoms with Gasteiger partial charge in [0.05, 0.1) is 16.7 Å². The Morgan fingerprint density at radius 1 is 1.13 bits per heavy atom. The van der Waals surface area contributed by atoms with Gasteiger partial charge in [0, 0.05) is 37.0 Å². The molecule has 0 fully saturated rings. The molecule has 0 bridgehead atoms. The van der Waals surface area contributed by atoms with Gasteiger partial charge < -0.3 is 0 Å². The van der Waals surface area contributed by atoms with Gasteiger partial charge in [0.25, 0.3) is 5.69 Å². The molecule has 0 aliphatic rings. The first kappa shape index (κ1) is 14.6. The maximum atomic E-state index is 12.1. The summed E-state index contributed by atoms with van der Waals surface area (Å²) in [5.74, 6) is -0.0773. The first-order valence-electron chi connectivity index (χ1n) is 6.81. The molecular weight excluding hydrogens is 296 g/mol. The molecule has 0 unspecified atom stereocenters. The molecule has 23 heavy (non-hydrogen) atoms. The average Bonchev–Trinajstić information content (AvgIpc) is 2.55. The molecule has 3 aromatic rings. The second-order valence-corrected chi connectivity index (χ2v) is 4.89. The molecule has 0 N–H and O–H groups in total. The Balaban J connectivity index is 2.12. The van der Waals surface area contributed by atoms with Gasteiger partial charge in [0.2, 0.25) is 5.91 Å². The summed E-state index contributed by atoms with van der Waals surface area (Å²) in [5.41, 5.74) is 0.468. The van der Waals surface area contributed by atoms with Crippen molar-refractivity contribution in [1.82, 2.24) is 9.97 Å². The average molecular weight is 308 g/mol. The maximum absolute atomic E-state index is 12.1. The number of hydrogen-bond acceptors (Lipinski definition) is 5. The fourth-order valence-electron chi connectivity index (χ4n) is 2.33. The number of aromatic nitrogens is 2. The standard InChI is InChI=1S/C16H12N4O3/c1-11(21)19(16-9-15(20(22)23)5-7-18-16)14-3-2-13-10-17-6-4-12(13)8-14/h2-10H,1H3. The summed E-state index contributed by atoms with van der Waals surface area (Å²) in [6.07, 6.45) is 4.70. The topological polar surface area (TPSA) is 89.2 Å². The van der Waals surface area contributed by atoms with E-state index >= 15 is 0 Å². The van der Waals surface area contributed by atoms with Crippen LogP contribution in [-0.4, -0.2) is 20.8 Å². The Hall–Kier alpha value is -3.35. The Morgan fingerprint density at radius 2 is 1.96 bits per heavy atom. The minimum absolute atomic E-state index is 0.119. The van der Waals surface area contributed by atoms with Crippen molar-refractivity contribution >= 4 is 33.9 Å². The highest BCUT2D eigenvalue weighted by molar-refractivity contribution is 6.00. The summed E-state index contributed by atoms with van der Waals surface area (Å²) in [7, 11) is 0. The monoisotopic (exact) mass is 308 g/mol. The highest BCUT2D eigenvalue weighted by Crippen LogP contribution is 2.29. The first-order chi connectivity index (χ1) is 11.1. The van der Waals surface area contributed by atoms with E-state index < -0.39 is 4.92 Å². The number of anilines is 2. The van der Waals surface area contributed by atoms with E-state index in [9.17, 15) is 14.9 Å². The number of benzene rings is 1. The molecule has 0 radical (unpaired) electrons. The number of nitro groups is 1. The van der Waals surface area contributed by atoms with Gasteiger partial charge in [-0.15, -0.1) is 0 Å². The molecule has 0 spiro atoms. The molecule has 7 heteroatoms. The number of fused-ring (bicyclic) bond motifs is 1. The fraction of sp³-hybridized carbons (Fsp3) is 0.0625. The molecule has 0 aliphatic heterocycles. The smallest absolute Gasteiger partial charge is 0.274 e. The third kappa shape index (κ3) is 2.84. The van der Waals surface area contributed by atoms with Gasteiger partial charge in [0.15, 0.2) is 0 Å². The summed E-state index contributed by atoms with van der Waals surface area (Å²) < 4.78 is 0. The summed E-state index contributed by atoms with van der Waals surface area (Å²) in [4.78, 5) is 31.9. The fourth-order valence-corrected chi connectivity index (χ4v) is 2.33. The normalized spacial score (nSPS) is 10.5. The van der Waals surface area contributed by atoms with Crippen LogP contribution in [0.2, 0.25) is 0 Å². The van der Waals surface area contributed by atoms with Gasteiger partial charge in [-0.2, -0.15) is 0 Å². The molecule has 7 nitrogen and oxygen atoms in total. The summed E-state index contributed by atoms with van der Waals surface area (Å²) in [6, 6.07) is 9.81. The van der Waals surface area contributed by atoms with Crippen LogP contribution in [-0.2, 0) is 4.79 Å². The van der Waals surface area contributed by atoms with Crippen LogP contribution in [0, 0.1) is 10.1 Å². The number of amides is 1. The maximum Gasteiger partial charge on any atom is 0.274 e. The highest BCUT2D eigenvalue weighted by Gasteiger charge is 2.18. The van der Waals surface area contributed by atoms with Crippen molar-refractivity contribution in [2.75, 3.05) is 4.90 Å². The molecular formula is C16H12N4O3. The predicted octanol–water partition coefficient (Wildman–Crippen LogP) is 3.22. The van der Waals surface area contributed by atoms with Gasteiger partial charge in [-0.3, -0.25) is 24.8 Å². The zero-order valence-corrected chi connectivity index (χ0v) is 12.2. The van der Waals surface area contributed by atoms with Crippen LogP contribution >= 0.6 is 0 Å². The van der Waals surface area contributed by atoms with Crippen molar-refractivity contribution in [1.29, 1.82) is 0 Å². The molecule has 2 aromatic heterocycles. The zero-order valence-electron chi connectivity index (χ0n) is 12.2. The minimum atomic E-state index is -0.518. The van der Waals surface area contributed by atoms with Gasteiger partial charge in [-0.05, 0) is 23.6 Å². The third-order valence-corrected chi connectivity index (χ3v) is 3.37. The Kier molecular flexibility index (Phi) is 3.68. The molecule has 0 aliphatic carbocycles. The Bertz CT molecular complexity index is 910. The summed E-state index contributed by atoms with van der Waals surface area (Å²) in [5, 5.41) is 12.8. The molecule has 0 saturated heterocycles. The Morgan fingerprint density at radius 3 is 2.70 bits per heavy atom. The van der Waals surface area contributed by atoms with Crippen molar-refractivity contribution in [3.8, 4) is 0 Å². The van der Waals surface area contributed by atoms with E-state index in [4.69, 9.17) is 0 Å². The first-order valence-corrected chi connectivity index (χ1v) is 6.81. The lowest BCUT2D eigenvalue weighted by Gasteiger charge is -2.20. The van der Waals surface area contributed by atoms with E-state index in [-0.39, 0.29) is 17.4 Å². The third-order valence-electron chi connectivity index (χ3n) is 3.37. The second-order valence-electron chi connectivity index (χ2n) is 4.89. The molecule has 0 saturated carbocycles. The molecule has 1 amide bonds. The number of carbonyl (C=O) groups excluding carboxylic acids is 1. The van der Waals surface area contributed by atoms with Crippen LogP contribution in [0.15, 0.2) is 55.0 Å². The van der Waals surface area contributed by atoms with Crippen molar-refractivity contribution in [3.63, 3.8) is 0 Å². The molecule has 114 valence electrons. The van der Waals surface area contributed by atoms with Crippen molar-refractivity contribution in [2.45, 2.75) is 6.92 Å². The van der Waals surface area contributed by atoms with Gasteiger partial charge >= 0.3 is 0 Å². The van der Waals surface area contributed by atoms with Crippen LogP contribution < -0.4 is 4.90 Å². The number of pyridine rings is 2. The quantitative estimate of drug-likeness (QED) is 0.547. The highest BCUT2D eigenvalue weighted by atomic mass is 16.6. The van der Waals surface area contributed by atoms with Crippen LogP contribution in [0.1, 0.15) is 6.92 Å². The van der Waals surface area contributed by atoms with Crippen molar-refractivity contribution < 1.29 is 9.72 Å². The van der Waals surface area contributed by atoms with E-state index in [1.54, 1.807) is 18.5 Å². The lowest BCUT2D eigenvalue weighted by atomic mass is 10.1. The van der Waals surface area contributed by atoms with E-state index in [0.29, 0.717) is 5.69 Å². The predicted molar refractivity (Wildman–Crippen MR) is 85.5 cm³/mol. The van der Waals surface area contributed by atoms with Gasteiger partial charge in [-0.1, -0.05) is 6.07 Å². The SMILES string of the molecule is CC(=O)N(c1ccc2cnccc2c1)c1cc([N+](=O)[O-])ccn1. The second kappa shape index (κ2) is 5.80. The van der Waals surface area contributed by atoms with Crippen LogP contribution in [0.5, 0.6) is 0 Å². The van der Waals surface area contributed by atoms with E-state index in [1.165, 1.54) is 30.2 Å². The van der Waals surface area contributed by atoms with E-state index in [1.807, 2.05) is 18.2 Å². The summed E-state index contributed by atoms with van der Waals surface area (Å²) >= 11 is 0. The van der Waals surface area contributed by atoms with Crippen molar-refractivity contribution in [3.05, 3.63) is 65.1 Å².